The fourth-order valence-corrected chi connectivity index (χ4v) is 4.83. The Morgan fingerprint density at radius 2 is 1.90 bits per heavy atom. The molecule has 1 aromatic heterocycles. The molecule has 0 aliphatic carbocycles. The third-order valence-electron chi connectivity index (χ3n) is 5.05. The van der Waals surface area contributed by atoms with E-state index in [9.17, 15) is 8.60 Å². The van der Waals surface area contributed by atoms with Gasteiger partial charge in [0.15, 0.2) is 11.0 Å². The van der Waals surface area contributed by atoms with E-state index in [1.54, 1.807) is 22.2 Å². The van der Waals surface area contributed by atoms with Crippen molar-refractivity contribution in [2.24, 2.45) is 0 Å². The van der Waals surface area contributed by atoms with Crippen molar-refractivity contribution < 1.29 is 8.60 Å². The minimum Gasteiger partial charge on any atom is -0.369 e. The molecule has 0 spiro atoms. The summed E-state index contributed by atoms with van der Waals surface area (Å²) >= 11 is 0. The first-order chi connectivity index (χ1) is 14.2. The number of rotatable bonds is 6. The summed E-state index contributed by atoms with van der Waals surface area (Å²) in [6.07, 6.45) is 1.84. The van der Waals surface area contributed by atoms with E-state index in [0.717, 1.165) is 37.4 Å². The Kier molecular flexibility index (Phi) is 6.08. The molecule has 0 saturated carbocycles. The number of piperazine rings is 1. The average molecular weight is 413 g/mol. The molecule has 1 fully saturated rings. The van der Waals surface area contributed by atoms with E-state index in [0.29, 0.717) is 22.7 Å². The van der Waals surface area contributed by atoms with Gasteiger partial charge in [0.1, 0.15) is 5.82 Å². The summed E-state index contributed by atoms with van der Waals surface area (Å²) in [5.41, 5.74) is 3.07. The zero-order chi connectivity index (χ0) is 20.2. The monoisotopic (exact) mass is 412 g/mol. The van der Waals surface area contributed by atoms with E-state index < -0.39 is 11.0 Å². The van der Waals surface area contributed by atoms with Gasteiger partial charge >= 0.3 is 0 Å². The van der Waals surface area contributed by atoms with Gasteiger partial charge in [-0.25, -0.2) is 8.60 Å². The molecule has 2 aromatic carbocycles. The van der Waals surface area contributed by atoms with Crippen molar-refractivity contribution in [1.29, 1.82) is 0 Å². The highest BCUT2D eigenvalue weighted by molar-refractivity contribution is 7.83. The first-order valence-corrected chi connectivity index (χ1v) is 10.9. The van der Waals surface area contributed by atoms with Crippen LogP contribution in [0.4, 0.5) is 10.1 Å². The number of hydrogen-bond acceptors (Lipinski definition) is 4. The van der Waals surface area contributed by atoms with Gasteiger partial charge in [-0.1, -0.05) is 18.2 Å². The van der Waals surface area contributed by atoms with Crippen LogP contribution in [0.15, 0.2) is 65.7 Å². The topological polar surface area (TPSA) is 49.3 Å². The Labute approximate surface area is 173 Å². The van der Waals surface area contributed by atoms with Gasteiger partial charge in [-0.2, -0.15) is 0 Å². The SMILES string of the molecule is CNCc1cc(-c2ccccc2F)n(S(=O)c2cccc(N3CCNCC3)c2)c1. The Hall–Kier alpha value is -2.48. The predicted octanol–water partition coefficient (Wildman–Crippen LogP) is 2.99. The molecular weight excluding hydrogens is 387 g/mol. The van der Waals surface area contributed by atoms with Crippen molar-refractivity contribution in [2.45, 2.75) is 11.4 Å². The first kappa shape index (κ1) is 19.8. The van der Waals surface area contributed by atoms with Gasteiger partial charge in [-0.05, 0) is 49.0 Å². The summed E-state index contributed by atoms with van der Waals surface area (Å²) in [6, 6.07) is 16.3. The van der Waals surface area contributed by atoms with Gasteiger partial charge in [0.05, 0.1) is 10.6 Å². The number of benzene rings is 2. The fraction of sp³-hybridized carbons (Fsp3) is 0.273. The average Bonchev–Trinajstić information content (AvgIpc) is 3.18. The highest BCUT2D eigenvalue weighted by Crippen LogP contribution is 2.28. The second-order valence-electron chi connectivity index (χ2n) is 7.05. The molecule has 1 atom stereocenters. The Balaban J connectivity index is 1.72. The van der Waals surface area contributed by atoms with Crippen molar-refractivity contribution >= 4 is 16.7 Å². The van der Waals surface area contributed by atoms with Crippen LogP contribution < -0.4 is 15.5 Å². The molecule has 152 valence electrons. The first-order valence-electron chi connectivity index (χ1n) is 9.76. The highest BCUT2D eigenvalue weighted by Gasteiger charge is 2.18. The quantitative estimate of drug-likeness (QED) is 0.654. The van der Waals surface area contributed by atoms with Crippen LogP contribution in [0.3, 0.4) is 0 Å². The van der Waals surface area contributed by atoms with Gasteiger partial charge < -0.3 is 15.5 Å². The molecule has 4 rings (SSSR count). The number of halogens is 1. The maximum atomic E-state index is 14.5. The molecule has 0 amide bonds. The zero-order valence-corrected chi connectivity index (χ0v) is 17.2. The van der Waals surface area contributed by atoms with Gasteiger partial charge in [0.25, 0.3) is 0 Å². The van der Waals surface area contributed by atoms with Gasteiger partial charge in [0.2, 0.25) is 0 Å². The van der Waals surface area contributed by atoms with Crippen molar-refractivity contribution in [3.05, 3.63) is 72.2 Å². The second-order valence-corrected chi connectivity index (χ2v) is 8.42. The van der Waals surface area contributed by atoms with Gasteiger partial charge in [-0.3, -0.25) is 3.97 Å². The molecule has 1 saturated heterocycles. The summed E-state index contributed by atoms with van der Waals surface area (Å²) in [5, 5.41) is 6.45. The van der Waals surface area contributed by atoms with Crippen LogP contribution in [-0.2, 0) is 17.5 Å². The molecule has 7 heteroatoms. The summed E-state index contributed by atoms with van der Waals surface area (Å²) in [5.74, 6) is -0.325. The lowest BCUT2D eigenvalue weighted by molar-refractivity contribution is 0.589. The minimum absolute atomic E-state index is 0.325. The number of anilines is 1. The Bertz CT molecular complexity index is 1010. The van der Waals surface area contributed by atoms with Crippen LogP contribution in [-0.4, -0.2) is 41.4 Å². The van der Waals surface area contributed by atoms with E-state index in [4.69, 9.17) is 0 Å². The van der Waals surface area contributed by atoms with Crippen molar-refractivity contribution in [3.8, 4) is 11.3 Å². The second kappa shape index (κ2) is 8.90. The van der Waals surface area contributed by atoms with Crippen LogP contribution in [0.1, 0.15) is 5.56 Å². The zero-order valence-electron chi connectivity index (χ0n) is 16.4. The Morgan fingerprint density at radius 3 is 2.66 bits per heavy atom. The van der Waals surface area contributed by atoms with E-state index in [2.05, 4.69) is 15.5 Å². The van der Waals surface area contributed by atoms with Crippen LogP contribution in [0.25, 0.3) is 11.3 Å². The molecule has 2 heterocycles. The van der Waals surface area contributed by atoms with Crippen molar-refractivity contribution in [3.63, 3.8) is 0 Å². The van der Waals surface area contributed by atoms with E-state index >= 15 is 0 Å². The molecule has 2 N–H and O–H groups in total. The summed E-state index contributed by atoms with van der Waals surface area (Å²) in [6.45, 7) is 4.34. The molecule has 1 aliphatic rings. The fourth-order valence-electron chi connectivity index (χ4n) is 3.63. The summed E-state index contributed by atoms with van der Waals surface area (Å²) in [7, 11) is 0.371. The van der Waals surface area contributed by atoms with Gasteiger partial charge in [0, 0.05) is 50.2 Å². The van der Waals surface area contributed by atoms with Crippen LogP contribution in [0.5, 0.6) is 0 Å². The summed E-state index contributed by atoms with van der Waals surface area (Å²) < 4.78 is 29.7. The molecule has 1 unspecified atom stereocenters. The smallest absolute Gasteiger partial charge is 0.157 e. The number of hydrogen-bond donors (Lipinski definition) is 2. The lowest BCUT2D eigenvalue weighted by atomic mass is 10.1. The largest absolute Gasteiger partial charge is 0.369 e. The number of aromatic nitrogens is 1. The summed E-state index contributed by atoms with van der Waals surface area (Å²) in [4.78, 5) is 2.99. The molecule has 3 aromatic rings. The third-order valence-corrected chi connectivity index (χ3v) is 6.37. The lowest BCUT2D eigenvalue weighted by Gasteiger charge is -2.29. The molecule has 0 radical (unpaired) electrons. The van der Waals surface area contributed by atoms with Crippen molar-refractivity contribution in [1.82, 2.24) is 14.6 Å². The molecule has 0 bridgehead atoms. The third kappa shape index (κ3) is 4.27. The van der Waals surface area contributed by atoms with E-state index in [1.807, 2.05) is 43.6 Å². The molecular formula is C22H25FN4OS. The minimum atomic E-state index is -1.48. The van der Waals surface area contributed by atoms with Crippen LogP contribution in [0.2, 0.25) is 0 Å². The molecule has 29 heavy (non-hydrogen) atoms. The molecule has 5 nitrogen and oxygen atoms in total. The number of nitrogens with zero attached hydrogens (tertiary/aromatic N) is 2. The standard InChI is InChI=1S/C22H25FN4OS/c1-24-15-17-13-22(20-7-2-3-8-21(20)23)27(16-17)29(28)19-6-4-5-18(14-19)26-11-9-25-10-12-26/h2-8,13-14,16,24-25H,9-12,15H2,1H3. The van der Waals surface area contributed by atoms with Crippen LogP contribution in [0, 0.1) is 5.82 Å². The van der Waals surface area contributed by atoms with E-state index in [1.165, 1.54) is 6.07 Å². The number of nitrogens with one attached hydrogen (secondary N) is 2. The maximum Gasteiger partial charge on any atom is 0.157 e. The van der Waals surface area contributed by atoms with E-state index in [-0.39, 0.29) is 5.82 Å². The normalized spacial score (nSPS) is 15.4. The highest BCUT2D eigenvalue weighted by atomic mass is 32.2. The van der Waals surface area contributed by atoms with Crippen molar-refractivity contribution in [2.75, 3.05) is 38.1 Å². The predicted molar refractivity (Wildman–Crippen MR) is 116 cm³/mol. The lowest BCUT2D eigenvalue weighted by Crippen LogP contribution is -2.43. The van der Waals surface area contributed by atoms with Gasteiger partial charge in [-0.15, -0.1) is 0 Å². The molecule has 1 aliphatic heterocycles. The van der Waals surface area contributed by atoms with Crippen LogP contribution >= 0.6 is 0 Å². The maximum absolute atomic E-state index is 14.5. The Morgan fingerprint density at radius 1 is 1.10 bits per heavy atom.